The van der Waals surface area contributed by atoms with Crippen LogP contribution in [0.2, 0.25) is 5.02 Å². The number of unbranched alkanes of at least 4 members (excludes halogenated alkanes) is 11. The Labute approximate surface area is 277 Å². The van der Waals surface area contributed by atoms with Crippen molar-refractivity contribution in [2.45, 2.75) is 110 Å². The maximum absolute atomic E-state index is 12.9. The topological polar surface area (TPSA) is 113 Å². The van der Waals surface area contributed by atoms with E-state index < -0.39 is 6.09 Å². The lowest BCUT2D eigenvalue weighted by Crippen LogP contribution is -2.15. The molecule has 0 aliphatic heterocycles. The zero-order chi connectivity index (χ0) is 32.9. The van der Waals surface area contributed by atoms with Crippen molar-refractivity contribution in [1.82, 2.24) is 19.8 Å². The van der Waals surface area contributed by atoms with Crippen LogP contribution in [0.15, 0.2) is 48.5 Å². The number of fused-ring (bicyclic) bond motifs is 1. The number of carbonyl (C=O) groups excluding carboxylic acids is 2. The number of nitrogens with zero attached hydrogens (tertiary/aromatic N) is 3. The monoisotopic (exact) mass is 648 g/mol. The van der Waals surface area contributed by atoms with Gasteiger partial charge in [0.05, 0.1) is 12.3 Å². The molecule has 0 radical (unpaired) electrons. The van der Waals surface area contributed by atoms with Crippen molar-refractivity contribution in [2.75, 3.05) is 17.2 Å². The van der Waals surface area contributed by atoms with Crippen molar-refractivity contribution >= 4 is 40.6 Å². The van der Waals surface area contributed by atoms with Gasteiger partial charge in [0.15, 0.2) is 11.5 Å². The van der Waals surface area contributed by atoms with Crippen molar-refractivity contribution in [3.8, 4) is 11.4 Å². The van der Waals surface area contributed by atoms with Crippen LogP contribution in [0.3, 0.4) is 0 Å². The maximum Gasteiger partial charge on any atom is 0.411 e. The van der Waals surface area contributed by atoms with Crippen LogP contribution in [-0.2, 0) is 10.2 Å². The predicted octanol–water partition coefficient (Wildman–Crippen LogP) is 10.2. The van der Waals surface area contributed by atoms with Crippen LogP contribution in [0.1, 0.15) is 121 Å². The fraction of sp³-hybridized carbons (Fsp3) is 0.500. The Morgan fingerprint density at radius 3 is 2.07 bits per heavy atom. The van der Waals surface area contributed by atoms with E-state index in [-0.39, 0.29) is 11.3 Å². The molecule has 46 heavy (non-hydrogen) atoms. The van der Waals surface area contributed by atoms with Gasteiger partial charge in [0, 0.05) is 27.9 Å². The second-order valence-corrected chi connectivity index (χ2v) is 13.4. The third kappa shape index (κ3) is 10.3. The minimum atomic E-state index is -0.488. The fourth-order valence-electron chi connectivity index (χ4n) is 5.32. The van der Waals surface area contributed by atoms with Crippen LogP contribution in [-0.4, -0.2) is 38.4 Å². The van der Waals surface area contributed by atoms with Crippen LogP contribution < -0.4 is 10.6 Å². The van der Waals surface area contributed by atoms with Crippen molar-refractivity contribution in [1.29, 1.82) is 0 Å². The van der Waals surface area contributed by atoms with E-state index in [1.807, 2.05) is 45.0 Å². The molecule has 2 heterocycles. The van der Waals surface area contributed by atoms with E-state index >= 15 is 0 Å². The molecule has 3 N–H and O–H groups in total. The van der Waals surface area contributed by atoms with Gasteiger partial charge in [-0.25, -0.2) is 4.79 Å². The first-order chi connectivity index (χ1) is 22.2. The normalized spacial score (nSPS) is 11.6. The Bertz CT molecular complexity index is 1550. The summed E-state index contributed by atoms with van der Waals surface area (Å²) < 4.78 is 6.84. The van der Waals surface area contributed by atoms with Crippen LogP contribution >= 0.6 is 11.6 Å². The van der Waals surface area contributed by atoms with Gasteiger partial charge in [0.25, 0.3) is 5.91 Å². The maximum atomic E-state index is 12.9. The largest absolute Gasteiger partial charge is 0.449 e. The fourth-order valence-corrected chi connectivity index (χ4v) is 5.77. The average Bonchev–Trinajstić information content (AvgIpc) is 3.59. The second kappa shape index (κ2) is 17.2. The highest BCUT2D eigenvalue weighted by Gasteiger charge is 2.25. The van der Waals surface area contributed by atoms with Crippen LogP contribution in [0.5, 0.6) is 0 Å². The first-order valence-electron chi connectivity index (χ1n) is 16.8. The molecule has 0 bridgehead atoms. The second-order valence-electron chi connectivity index (χ2n) is 13.0. The van der Waals surface area contributed by atoms with Gasteiger partial charge in [-0.2, -0.15) is 5.10 Å². The molecule has 2 aromatic heterocycles. The quantitative estimate of drug-likeness (QED) is 0.0986. The van der Waals surface area contributed by atoms with E-state index in [1.54, 1.807) is 24.3 Å². The SMILES string of the molecule is CCCCCCCCCCCCCCOC(=O)Nc1ccc(C(=O)Nc2cccc(-c3nn4nc(C(C)(C)C)c(Cl)c4[nH]3)c2)cc1. The Morgan fingerprint density at radius 1 is 0.826 bits per heavy atom. The van der Waals surface area contributed by atoms with Gasteiger partial charge in [-0.3, -0.25) is 10.1 Å². The lowest BCUT2D eigenvalue weighted by molar-refractivity contribution is 0.102. The smallest absolute Gasteiger partial charge is 0.411 e. The van der Waals surface area contributed by atoms with E-state index in [0.29, 0.717) is 40.0 Å². The molecule has 248 valence electrons. The molecule has 2 aromatic carbocycles. The molecule has 0 spiro atoms. The van der Waals surface area contributed by atoms with Gasteiger partial charge in [-0.1, -0.05) is 122 Å². The molecule has 4 aromatic rings. The van der Waals surface area contributed by atoms with Gasteiger partial charge in [-0.15, -0.1) is 9.73 Å². The molecule has 0 atom stereocenters. The van der Waals surface area contributed by atoms with Crippen molar-refractivity contribution < 1.29 is 14.3 Å². The number of hydrogen-bond donors (Lipinski definition) is 3. The van der Waals surface area contributed by atoms with E-state index in [0.717, 1.165) is 24.1 Å². The first kappa shape index (κ1) is 35.0. The molecular formula is C36H49ClN6O3. The third-order valence-electron chi connectivity index (χ3n) is 7.97. The number of carbonyl (C=O) groups is 2. The highest BCUT2D eigenvalue weighted by molar-refractivity contribution is 6.34. The number of amides is 2. The van der Waals surface area contributed by atoms with E-state index in [9.17, 15) is 9.59 Å². The number of anilines is 2. The first-order valence-corrected chi connectivity index (χ1v) is 17.1. The number of hydrogen-bond acceptors (Lipinski definition) is 5. The summed E-state index contributed by atoms with van der Waals surface area (Å²) in [6.07, 6.45) is 14.6. The molecule has 10 heteroatoms. The van der Waals surface area contributed by atoms with E-state index in [1.165, 1.54) is 68.8 Å². The number of nitrogens with one attached hydrogen (secondary N) is 3. The van der Waals surface area contributed by atoms with Crippen molar-refractivity contribution in [3.63, 3.8) is 0 Å². The highest BCUT2D eigenvalue weighted by atomic mass is 35.5. The van der Waals surface area contributed by atoms with E-state index in [4.69, 9.17) is 16.3 Å². The summed E-state index contributed by atoms with van der Waals surface area (Å²) in [5.74, 6) is 0.312. The molecule has 0 aliphatic carbocycles. The summed E-state index contributed by atoms with van der Waals surface area (Å²) >= 11 is 6.58. The molecule has 9 nitrogen and oxygen atoms in total. The van der Waals surface area contributed by atoms with Crippen molar-refractivity contribution in [3.05, 3.63) is 64.8 Å². The molecule has 2 amide bonds. The number of ether oxygens (including phenoxy) is 1. The van der Waals surface area contributed by atoms with Gasteiger partial charge >= 0.3 is 6.09 Å². The van der Waals surface area contributed by atoms with Crippen LogP contribution in [0.25, 0.3) is 17.0 Å². The Balaban J connectivity index is 1.16. The van der Waals surface area contributed by atoms with Crippen LogP contribution in [0.4, 0.5) is 16.2 Å². The summed E-state index contributed by atoms with van der Waals surface area (Å²) in [6.45, 7) is 8.80. The molecule has 4 rings (SSSR count). The molecule has 0 fully saturated rings. The van der Waals surface area contributed by atoms with Crippen molar-refractivity contribution in [2.24, 2.45) is 0 Å². The number of benzene rings is 2. The number of H-pyrrole nitrogens is 1. The van der Waals surface area contributed by atoms with Gasteiger partial charge < -0.3 is 15.0 Å². The predicted molar refractivity (Wildman–Crippen MR) is 187 cm³/mol. The summed E-state index contributed by atoms with van der Waals surface area (Å²) in [6, 6.07) is 14.1. The minimum absolute atomic E-state index is 0.209. The summed E-state index contributed by atoms with van der Waals surface area (Å²) in [4.78, 5) is 28.4. The Morgan fingerprint density at radius 2 is 1.46 bits per heavy atom. The Hall–Kier alpha value is -3.85. The summed E-state index contributed by atoms with van der Waals surface area (Å²) in [5, 5.41) is 15.3. The third-order valence-corrected chi connectivity index (χ3v) is 8.33. The number of aromatic amines is 1. The Kier molecular flexibility index (Phi) is 13.1. The summed E-state index contributed by atoms with van der Waals surface area (Å²) in [7, 11) is 0. The lowest BCUT2D eigenvalue weighted by atomic mass is 9.92. The molecule has 0 saturated carbocycles. The van der Waals surface area contributed by atoms with Gasteiger partial charge in [0.2, 0.25) is 0 Å². The molecule has 0 aliphatic rings. The standard InChI is InChI=1S/C36H49ClN6O3/c1-5-6-7-8-9-10-11-12-13-14-15-16-24-46-35(45)39-28-22-20-26(21-23-28)34(44)38-29-19-17-18-27(25-29)32-40-33-30(37)31(36(2,3)4)41-43(33)42-32/h17-23,25H,5-16,24H2,1-4H3,(H,38,44)(H,39,45)(H,40,42). The number of aromatic nitrogens is 4. The van der Waals surface area contributed by atoms with Crippen LogP contribution in [0, 0.1) is 0 Å². The number of halogens is 1. The highest BCUT2D eigenvalue weighted by Crippen LogP contribution is 2.32. The van der Waals surface area contributed by atoms with Gasteiger partial charge in [-0.05, 0) is 42.8 Å². The number of rotatable bonds is 17. The lowest BCUT2D eigenvalue weighted by Gasteiger charge is -2.14. The summed E-state index contributed by atoms with van der Waals surface area (Å²) in [5.41, 5.74) is 3.60. The zero-order valence-corrected chi connectivity index (χ0v) is 28.5. The average molecular weight is 649 g/mol. The minimum Gasteiger partial charge on any atom is -0.449 e. The molecule has 0 unspecified atom stereocenters. The van der Waals surface area contributed by atoms with Gasteiger partial charge in [0.1, 0.15) is 5.02 Å². The van der Waals surface area contributed by atoms with E-state index in [2.05, 4.69) is 32.7 Å². The molecule has 0 saturated heterocycles. The zero-order valence-electron chi connectivity index (χ0n) is 27.8. The molecular weight excluding hydrogens is 600 g/mol.